The van der Waals surface area contributed by atoms with E-state index in [9.17, 15) is 14.9 Å². The minimum atomic E-state index is -0.469. The zero-order chi connectivity index (χ0) is 19.2. The van der Waals surface area contributed by atoms with Gasteiger partial charge in [0.15, 0.2) is 0 Å². The van der Waals surface area contributed by atoms with E-state index in [4.69, 9.17) is 5.73 Å². The lowest BCUT2D eigenvalue weighted by molar-refractivity contribution is -0.384. The van der Waals surface area contributed by atoms with E-state index in [1.807, 2.05) is 30.3 Å². The summed E-state index contributed by atoms with van der Waals surface area (Å²) in [6.45, 7) is 0.468. The molecule has 1 saturated carbocycles. The molecule has 0 saturated heterocycles. The normalized spacial score (nSPS) is 18.6. The average Bonchev–Trinajstić information content (AvgIpc) is 2.68. The Morgan fingerprint density at radius 3 is 2.43 bits per heavy atom. The van der Waals surface area contributed by atoms with Crippen LogP contribution in [0, 0.1) is 10.1 Å². The van der Waals surface area contributed by atoms with Crippen LogP contribution in [0.1, 0.15) is 41.6 Å². The van der Waals surface area contributed by atoms with Crippen molar-refractivity contribution in [3.63, 3.8) is 0 Å². The molecule has 0 aliphatic heterocycles. The maximum absolute atomic E-state index is 12.5. The molecule has 1 amide bonds. The third-order valence-corrected chi connectivity index (χ3v) is 4.89. The maximum Gasteiger partial charge on any atom is 0.293 e. The average molecular weight is 405 g/mol. The van der Waals surface area contributed by atoms with Gasteiger partial charge in [0, 0.05) is 30.3 Å². The second kappa shape index (κ2) is 10.1. The minimum absolute atomic E-state index is 0. The number of carbonyl (C=O) groups is 1. The van der Waals surface area contributed by atoms with E-state index in [1.165, 1.54) is 6.07 Å². The van der Waals surface area contributed by atoms with Gasteiger partial charge in [-0.05, 0) is 43.4 Å². The molecule has 0 aromatic heterocycles. The highest BCUT2D eigenvalue weighted by atomic mass is 35.5. The molecule has 0 spiro atoms. The van der Waals surface area contributed by atoms with Crippen molar-refractivity contribution in [3.8, 4) is 0 Å². The molecule has 0 bridgehead atoms. The summed E-state index contributed by atoms with van der Waals surface area (Å²) in [6, 6.07) is 14.4. The molecule has 150 valence electrons. The number of amides is 1. The Morgan fingerprint density at radius 1 is 1.11 bits per heavy atom. The number of anilines is 1. The van der Waals surface area contributed by atoms with E-state index in [0.29, 0.717) is 17.8 Å². The molecule has 4 N–H and O–H groups in total. The molecule has 0 atom stereocenters. The van der Waals surface area contributed by atoms with E-state index in [2.05, 4.69) is 10.6 Å². The first-order chi connectivity index (χ1) is 13.0. The van der Waals surface area contributed by atoms with Gasteiger partial charge in [-0.15, -0.1) is 12.4 Å². The van der Waals surface area contributed by atoms with E-state index in [0.717, 1.165) is 31.2 Å². The van der Waals surface area contributed by atoms with Crippen LogP contribution in [0.5, 0.6) is 0 Å². The summed E-state index contributed by atoms with van der Waals surface area (Å²) in [7, 11) is 0. The fourth-order valence-corrected chi connectivity index (χ4v) is 3.30. The van der Waals surface area contributed by atoms with E-state index >= 15 is 0 Å². The quantitative estimate of drug-likeness (QED) is 0.503. The molecule has 0 radical (unpaired) electrons. The number of nitro benzene ring substituents is 1. The summed E-state index contributed by atoms with van der Waals surface area (Å²) in [6.07, 6.45) is 3.44. The van der Waals surface area contributed by atoms with Gasteiger partial charge < -0.3 is 16.4 Å². The summed E-state index contributed by atoms with van der Waals surface area (Å²) < 4.78 is 0. The largest absolute Gasteiger partial charge is 0.375 e. The van der Waals surface area contributed by atoms with Gasteiger partial charge in [-0.2, -0.15) is 0 Å². The van der Waals surface area contributed by atoms with Gasteiger partial charge in [0.1, 0.15) is 5.69 Å². The fourth-order valence-electron chi connectivity index (χ4n) is 3.30. The van der Waals surface area contributed by atoms with Crippen LogP contribution in [0.25, 0.3) is 0 Å². The van der Waals surface area contributed by atoms with Crippen LogP contribution < -0.4 is 16.4 Å². The first-order valence-electron chi connectivity index (χ1n) is 9.15. The number of nitrogens with two attached hydrogens (primary N) is 1. The first kappa shape index (κ1) is 21.7. The van der Waals surface area contributed by atoms with E-state index < -0.39 is 4.92 Å². The lowest BCUT2D eigenvalue weighted by Gasteiger charge is -2.26. The number of hydrogen-bond acceptors (Lipinski definition) is 5. The van der Waals surface area contributed by atoms with Crippen LogP contribution in [0.15, 0.2) is 48.5 Å². The van der Waals surface area contributed by atoms with Gasteiger partial charge in [0.25, 0.3) is 11.6 Å². The molecule has 1 fully saturated rings. The smallest absolute Gasteiger partial charge is 0.293 e. The van der Waals surface area contributed by atoms with Crippen molar-refractivity contribution in [1.82, 2.24) is 5.32 Å². The second-order valence-electron chi connectivity index (χ2n) is 6.91. The highest BCUT2D eigenvalue weighted by Crippen LogP contribution is 2.26. The summed E-state index contributed by atoms with van der Waals surface area (Å²) in [5.41, 5.74) is 7.48. The molecule has 1 aliphatic carbocycles. The number of halogens is 1. The third-order valence-electron chi connectivity index (χ3n) is 4.89. The molecule has 2 aromatic rings. The van der Waals surface area contributed by atoms with Crippen molar-refractivity contribution in [2.45, 2.75) is 44.3 Å². The Morgan fingerprint density at radius 2 is 1.79 bits per heavy atom. The van der Waals surface area contributed by atoms with Gasteiger partial charge >= 0.3 is 0 Å². The van der Waals surface area contributed by atoms with Crippen molar-refractivity contribution in [1.29, 1.82) is 0 Å². The predicted molar refractivity (Wildman–Crippen MR) is 112 cm³/mol. The van der Waals surface area contributed by atoms with Crippen LogP contribution >= 0.6 is 12.4 Å². The standard InChI is InChI=1S/C20H24N4O3.ClH/c21-16-7-9-17(10-8-16)23-20(25)15-6-11-18(19(12-15)24(26)27)22-13-14-4-2-1-3-5-14;/h1-6,11-12,16-17,22H,7-10,13,21H2,(H,23,25);1H. The van der Waals surface area contributed by atoms with Crippen LogP contribution in [0.4, 0.5) is 11.4 Å². The predicted octanol–water partition coefficient (Wildman–Crippen LogP) is 3.63. The van der Waals surface area contributed by atoms with Crippen molar-refractivity contribution in [3.05, 3.63) is 69.8 Å². The van der Waals surface area contributed by atoms with Gasteiger partial charge in [-0.1, -0.05) is 30.3 Å². The van der Waals surface area contributed by atoms with Crippen LogP contribution in [0.3, 0.4) is 0 Å². The molecule has 7 nitrogen and oxygen atoms in total. The Bertz CT molecular complexity index is 808. The van der Waals surface area contributed by atoms with Crippen molar-refractivity contribution < 1.29 is 9.72 Å². The topological polar surface area (TPSA) is 110 Å². The zero-order valence-electron chi connectivity index (χ0n) is 15.5. The Hall–Kier alpha value is -2.64. The lowest BCUT2D eigenvalue weighted by Crippen LogP contribution is -2.40. The first-order valence-corrected chi connectivity index (χ1v) is 9.15. The van der Waals surface area contributed by atoms with Crippen molar-refractivity contribution in [2.75, 3.05) is 5.32 Å². The number of nitrogens with zero attached hydrogens (tertiary/aromatic N) is 1. The highest BCUT2D eigenvalue weighted by Gasteiger charge is 2.22. The van der Waals surface area contributed by atoms with E-state index in [1.54, 1.807) is 12.1 Å². The molecular formula is C20H25ClN4O3. The number of nitrogens with one attached hydrogen (secondary N) is 2. The number of carbonyl (C=O) groups excluding carboxylic acids is 1. The van der Waals surface area contributed by atoms with Crippen molar-refractivity contribution in [2.24, 2.45) is 5.73 Å². The summed E-state index contributed by atoms with van der Waals surface area (Å²) in [5, 5.41) is 17.5. The summed E-state index contributed by atoms with van der Waals surface area (Å²) in [4.78, 5) is 23.5. The molecule has 0 unspecified atom stereocenters. The lowest BCUT2D eigenvalue weighted by atomic mass is 9.91. The van der Waals surface area contributed by atoms with Crippen molar-refractivity contribution >= 4 is 29.7 Å². The monoisotopic (exact) mass is 404 g/mol. The maximum atomic E-state index is 12.5. The fraction of sp³-hybridized carbons (Fsp3) is 0.350. The molecule has 2 aromatic carbocycles. The number of rotatable bonds is 6. The third kappa shape index (κ3) is 5.68. The summed E-state index contributed by atoms with van der Waals surface area (Å²) in [5.74, 6) is -0.284. The molecule has 3 rings (SSSR count). The van der Waals surface area contributed by atoms with Gasteiger partial charge in [-0.3, -0.25) is 14.9 Å². The highest BCUT2D eigenvalue weighted by molar-refractivity contribution is 5.96. The minimum Gasteiger partial charge on any atom is -0.375 e. The zero-order valence-corrected chi connectivity index (χ0v) is 16.3. The SMILES string of the molecule is Cl.NC1CCC(NC(=O)c2ccc(NCc3ccccc3)c([N+](=O)[O-])c2)CC1. The van der Waals surface area contributed by atoms with Crippen LogP contribution in [-0.4, -0.2) is 22.9 Å². The van der Waals surface area contributed by atoms with Crippen LogP contribution in [-0.2, 0) is 6.54 Å². The van der Waals surface area contributed by atoms with Gasteiger partial charge in [-0.25, -0.2) is 0 Å². The molecule has 1 aliphatic rings. The number of hydrogen-bond donors (Lipinski definition) is 3. The van der Waals surface area contributed by atoms with Crippen LogP contribution in [0.2, 0.25) is 0 Å². The Labute approximate surface area is 170 Å². The molecular weight excluding hydrogens is 380 g/mol. The molecule has 28 heavy (non-hydrogen) atoms. The van der Waals surface area contributed by atoms with E-state index in [-0.39, 0.29) is 36.1 Å². The van der Waals surface area contributed by atoms with Gasteiger partial charge in [0.05, 0.1) is 4.92 Å². The number of benzene rings is 2. The summed E-state index contributed by atoms with van der Waals surface area (Å²) >= 11 is 0. The Balaban J connectivity index is 0.00000280. The van der Waals surface area contributed by atoms with Gasteiger partial charge in [0.2, 0.25) is 0 Å². The second-order valence-corrected chi connectivity index (χ2v) is 6.91. The number of nitro groups is 1. The molecule has 0 heterocycles. The molecule has 8 heteroatoms. The Kier molecular flexibility index (Phi) is 7.78.